The third-order valence-corrected chi connectivity index (χ3v) is 5.35. The van der Waals surface area contributed by atoms with Gasteiger partial charge in [-0.1, -0.05) is 12.1 Å². The Hall–Kier alpha value is -1.91. The molecule has 1 aromatic heterocycles. The monoisotopic (exact) mass is 324 g/mol. The van der Waals surface area contributed by atoms with E-state index in [9.17, 15) is 0 Å². The molecule has 2 aromatic carbocycles. The number of H-pyrrole nitrogens is 1. The van der Waals surface area contributed by atoms with Crippen LogP contribution in [0.15, 0.2) is 47.4 Å². The molecule has 0 aliphatic carbocycles. The average Bonchev–Trinajstić information content (AvgIpc) is 2.99. The standard InChI is InChI=1S/C19H20N2OS/c1-22-13-5-8-17-16(11-13)15-9-10-20-18(19(15)21-17)12-3-6-14(23-2)7-4-12/h3-8,11,18,20-21H,9-10H2,1-2H3. The van der Waals surface area contributed by atoms with Gasteiger partial charge in [0, 0.05) is 28.0 Å². The van der Waals surface area contributed by atoms with Gasteiger partial charge in [-0.25, -0.2) is 0 Å². The molecule has 0 fully saturated rings. The fraction of sp³-hybridized carbons (Fsp3) is 0.263. The maximum absolute atomic E-state index is 5.39. The number of hydrogen-bond acceptors (Lipinski definition) is 3. The summed E-state index contributed by atoms with van der Waals surface area (Å²) < 4.78 is 5.39. The molecule has 0 bridgehead atoms. The minimum Gasteiger partial charge on any atom is -0.497 e. The molecule has 2 N–H and O–H groups in total. The number of ether oxygens (including phenoxy) is 1. The second-order valence-corrected chi connectivity index (χ2v) is 6.72. The van der Waals surface area contributed by atoms with Crippen LogP contribution in [0, 0.1) is 0 Å². The van der Waals surface area contributed by atoms with Crippen molar-refractivity contribution < 1.29 is 4.74 Å². The highest BCUT2D eigenvalue weighted by Gasteiger charge is 2.25. The van der Waals surface area contributed by atoms with E-state index in [1.165, 1.54) is 32.6 Å². The van der Waals surface area contributed by atoms with Gasteiger partial charge in [-0.15, -0.1) is 11.8 Å². The van der Waals surface area contributed by atoms with Crippen LogP contribution in [0.5, 0.6) is 5.75 Å². The van der Waals surface area contributed by atoms with E-state index in [-0.39, 0.29) is 6.04 Å². The predicted molar refractivity (Wildman–Crippen MR) is 96.6 cm³/mol. The molecule has 3 nitrogen and oxygen atoms in total. The van der Waals surface area contributed by atoms with Crippen molar-refractivity contribution in [2.24, 2.45) is 0 Å². The molecule has 0 spiro atoms. The van der Waals surface area contributed by atoms with Crippen molar-refractivity contribution in [2.75, 3.05) is 19.9 Å². The predicted octanol–water partition coefficient (Wildman–Crippen LogP) is 4.13. The van der Waals surface area contributed by atoms with E-state index in [0.29, 0.717) is 0 Å². The lowest BCUT2D eigenvalue weighted by atomic mass is 9.94. The van der Waals surface area contributed by atoms with Gasteiger partial charge in [-0.05, 0) is 54.1 Å². The number of hydrogen-bond donors (Lipinski definition) is 2. The van der Waals surface area contributed by atoms with Crippen molar-refractivity contribution in [1.29, 1.82) is 0 Å². The van der Waals surface area contributed by atoms with E-state index in [2.05, 4.69) is 53.0 Å². The minimum atomic E-state index is 0.230. The zero-order chi connectivity index (χ0) is 15.8. The van der Waals surface area contributed by atoms with Crippen LogP contribution >= 0.6 is 11.8 Å². The average molecular weight is 324 g/mol. The third kappa shape index (κ3) is 2.52. The van der Waals surface area contributed by atoms with Crippen LogP contribution in [0.1, 0.15) is 22.9 Å². The van der Waals surface area contributed by atoms with Gasteiger partial charge < -0.3 is 15.0 Å². The summed E-state index contributed by atoms with van der Waals surface area (Å²) in [6, 6.07) is 15.3. The molecule has 118 valence electrons. The van der Waals surface area contributed by atoms with E-state index < -0.39 is 0 Å². The highest BCUT2D eigenvalue weighted by Crippen LogP contribution is 2.35. The lowest BCUT2D eigenvalue weighted by molar-refractivity contribution is 0.415. The summed E-state index contributed by atoms with van der Waals surface area (Å²) in [5, 5.41) is 4.93. The Balaban J connectivity index is 1.81. The topological polar surface area (TPSA) is 37.0 Å². The number of benzene rings is 2. The first-order valence-electron chi connectivity index (χ1n) is 7.86. The van der Waals surface area contributed by atoms with Crippen molar-refractivity contribution in [3.63, 3.8) is 0 Å². The number of aromatic amines is 1. The van der Waals surface area contributed by atoms with Crippen molar-refractivity contribution in [3.05, 3.63) is 59.3 Å². The first kappa shape index (κ1) is 14.7. The molecule has 1 unspecified atom stereocenters. The summed E-state index contributed by atoms with van der Waals surface area (Å²) in [7, 11) is 1.72. The molecule has 3 aromatic rings. The van der Waals surface area contributed by atoms with Crippen LogP contribution in [0.2, 0.25) is 0 Å². The Morgan fingerprint density at radius 1 is 1.13 bits per heavy atom. The maximum Gasteiger partial charge on any atom is 0.119 e. The number of aromatic nitrogens is 1. The lowest BCUT2D eigenvalue weighted by Crippen LogP contribution is -2.30. The van der Waals surface area contributed by atoms with Crippen LogP contribution in [-0.2, 0) is 6.42 Å². The van der Waals surface area contributed by atoms with Crippen LogP contribution in [0.3, 0.4) is 0 Å². The fourth-order valence-electron chi connectivity index (χ4n) is 3.41. The van der Waals surface area contributed by atoms with E-state index in [1.54, 1.807) is 18.9 Å². The Morgan fingerprint density at radius 3 is 2.70 bits per heavy atom. The molecule has 0 saturated carbocycles. The van der Waals surface area contributed by atoms with Gasteiger partial charge in [0.15, 0.2) is 0 Å². The van der Waals surface area contributed by atoms with E-state index in [1.807, 2.05) is 6.07 Å². The molecule has 1 aliphatic heterocycles. The molecule has 4 heteroatoms. The van der Waals surface area contributed by atoms with Gasteiger partial charge in [0.05, 0.1) is 13.2 Å². The van der Waals surface area contributed by atoms with Crippen molar-refractivity contribution in [1.82, 2.24) is 10.3 Å². The molecular weight excluding hydrogens is 304 g/mol. The Bertz CT molecular complexity index is 838. The molecule has 0 amide bonds. The molecule has 23 heavy (non-hydrogen) atoms. The molecule has 4 rings (SSSR count). The SMILES string of the molecule is COc1ccc2[nH]c3c(c2c1)CCNC3c1ccc(SC)cc1. The van der Waals surface area contributed by atoms with Crippen molar-refractivity contribution in [2.45, 2.75) is 17.4 Å². The van der Waals surface area contributed by atoms with Gasteiger partial charge in [0.1, 0.15) is 5.75 Å². The normalized spacial score (nSPS) is 17.2. The second-order valence-electron chi connectivity index (χ2n) is 5.84. The first-order chi connectivity index (χ1) is 11.3. The number of methoxy groups -OCH3 is 1. The zero-order valence-electron chi connectivity index (χ0n) is 13.3. The molecule has 2 heterocycles. The maximum atomic E-state index is 5.39. The van der Waals surface area contributed by atoms with Gasteiger partial charge in [0.2, 0.25) is 0 Å². The highest BCUT2D eigenvalue weighted by atomic mass is 32.2. The molecule has 0 saturated heterocycles. The first-order valence-corrected chi connectivity index (χ1v) is 9.08. The number of fused-ring (bicyclic) bond motifs is 3. The molecule has 1 aliphatic rings. The smallest absolute Gasteiger partial charge is 0.119 e. The van der Waals surface area contributed by atoms with Gasteiger partial charge in [-0.2, -0.15) is 0 Å². The number of thioether (sulfide) groups is 1. The Labute approximate surface area is 140 Å². The van der Waals surface area contributed by atoms with Crippen LogP contribution in [0.25, 0.3) is 10.9 Å². The van der Waals surface area contributed by atoms with Crippen LogP contribution in [-0.4, -0.2) is 24.9 Å². The molecule has 1 atom stereocenters. The fourth-order valence-corrected chi connectivity index (χ4v) is 3.82. The highest BCUT2D eigenvalue weighted by molar-refractivity contribution is 7.98. The number of nitrogens with one attached hydrogen (secondary N) is 2. The summed E-state index contributed by atoms with van der Waals surface area (Å²) >= 11 is 1.78. The minimum absolute atomic E-state index is 0.230. The summed E-state index contributed by atoms with van der Waals surface area (Å²) in [5.74, 6) is 0.915. The number of rotatable bonds is 3. The largest absolute Gasteiger partial charge is 0.497 e. The summed E-state index contributed by atoms with van der Waals surface area (Å²) in [4.78, 5) is 4.92. The van der Waals surface area contributed by atoms with Gasteiger partial charge >= 0.3 is 0 Å². The zero-order valence-corrected chi connectivity index (χ0v) is 14.2. The molecular formula is C19H20N2OS. The van der Waals surface area contributed by atoms with E-state index in [0.717, 1.165) is 18.7 Å². The summed E-state index contributed by atoms with van der Waals surface area (Å²) in [6.07, 6.45) is 3.15. The second kappa shape index (κ2) is 5.95. The van der Waals surface area contributed by atoms with Crippen molar-refractivity contribution >= 4 is 22.7 Å². The van der Waals surface area contributed by atoms with Crippen LogP contribution < -0.4 is 10.1 Å². The van der Waals surface area contributed by atoms with Gasteiger partial charge in [0.25, 0.3) is 0 Å². The lowest BCUT2D eigenvalue weighted by Gasteiger charge is -2.25. The van der Waals surface area contributed by atoms with E-state index in [4.69, 9.17) is 4.74 Å². The van der Waals surface area contributed by atoms with Crippen molar-refractivity contribution in [3.8, 4) is 5.75 Å². The third-order valence-electron chi connectivity index (χ3n) is 4.61. The van der Waals surface area contributed by atoms with Gasteiger partial charge in [-0.3, -0.25) is 0 Å². The molecule has 0 radical (unpaired) electrons. The van der Waals surface area contributed by atoms with Crippen LogP contribution in [0.4, 0.5) is 0 Å². The Morgan fingerprint density at radius 2 is 1.96 bits per heavy atom. The van der Waals surface area contributed by atoms with E-state index >= 15 is 0 Å². The Kier molecular flexibility index (Phi) is 3.79. The summed E-state index contributed by atoms with van der Waals surface area (Å²) in [6.45, 7) is 0.992. The summed E-state index contributed by atoms with van der Waals surface area (Å²) in [5.41, 5.74) is 5.19. The quantitative estimate of drug-likeness (QED) is 0.711.